The fourth-order valence-electron chi connectivity index (χ4n) is 4.02. The third-order valence-corrected chi connectivity index (χ3v) is 8.22. The number of rotatable bonds is 12. The lowest BCUT2D eigenvalue weighted by Gasteiger charge is -2.32. The number of amides is 2. The first kappa shape index (κ1) is 28.9. The van der Waals surface area contributed by atoms with E-state index < -0.39 is 28.5 Å². The van der Waals surface area contributed by atoms with Gasteiger partial charge in [0.05, 0.1) is 10.6 Å². The quantitative estimate of drug-likeness (QED) is 0.364. The van der Waals surface area contributed by atoms with Crippen LogP contribution >= 0.6 is 0 Å². The van der Waals surface area contributed by atoms with E-state index in [1.165, 1.54) is 17.0 Å². The minimum atomic E-state index is -4.06. The molecule has 3 aromatic carbocycles. The molecule has 3 aromatic rings. The van der Waals surface area contributed by atoms with Crippen molar-refractivity contribution in [3.63, 3.8) is 0 Å². The molecule has 0 saturated carbocycles. The van der Waals surface area contributed by atoms with Gasteiger partial charge >= 0.3 is 0 Å². The number of hydrogen-bond donors (Lipinski definition) is 1. The van der Waals surface area contributed by atoms with Crippen LogP contribution in [0.15, 0.2) is 83.8 Å². The Balaban J connectivity index is 2.00. The SMILES string of the molecule is CCCNC(=O)C(C)N(Cc1ccc(C)cc1)C(=O)CN(c1ccc(CC)cc1)S(=O)(=O)c1ccccc1. The summed E-state index contributed by atoms with van der Waals surface area (Å²) in [5.74, 6) is -0.749. The monoisotopic (exact) mass is 535 g/mol. The molecule has 1 N–H and O–H groups in total. The third kappa shape index (κ3) is 7.22. The van der Waals surface area contributed by atoms with Crippen molar-refractivity contribution >= 4 is 27.5 Å². The van der Waals surface area contributed by atoms with Crippen LogP contribution < -0.4 is 9.62 Å². The zero-order chi connectivity index (χ0) is 27.7. The molecule has 7 nitrogen and oxygen atoms in total. The van der Waals surface area contributed by atoms with Gasteiger partial charge in [0, 0.05) is 13.1 Å². The molecule has 1 atom stereocenters. The van der Waals surface area contributed by atoms with Gasteiger partial charge in [0.1, 0.15) is 12.6 Å². The van der Waals surface area contributed by atoms with E-state index in [2.05, 4.69) is 5.32 Å². The number of aryl methyl sites for hydroxylation is 2. The number of carbonyl (C=O) groups excluding carboxylic acids is 2. The molecule has 3 rings (SSSR count). The van der Waals surface area contributed by atoms with Crippen LogP contribution in [-0.2, 0) is 32.6 Å². The van der Waals surface area contributed by atoms with Crippen LogP contribution in [-0.4, -0.2) is 44.3 Å². The molecular weight excluding hydrogens is 498 g/mol. The van der Waals surface area contributed by atoms with Crippen LogP contribution in [0.5, 0.6) is 0 Å². The Morgan fingerprint density at radius 2 is 1.47 bits per heavy atom. The van der Waals surface area contributed by atoms with Crippen molar-refractivity contribution in [3.8, 4) is 0 Å². The summed E-state index contributed by atoms with van der Waals surface area (Å²) in [5.41, 5.74) is 3.37. The Bertz CT molecular complexity index is 1310. The molecule has 2 amide bonds. The van der Waals surface area contributed by atoms with Gasteiger partial charge in [0.15, 0.2) is 0 Å². The summed E-state index contributed by atoms with van der Waals surface area (Å²) in [7, 11) is -4.06. The molecule has 0 fully saturated rings. The van der Waals surface area contributed by atoms with Gasteiger partial charge in [-0.3, -0.25) is 13.9 Å². The number of benzene rings is 3. The number of carbonyl (C=O) groups is 2. The standard InChI is InChI=1S/C30H37N3O4S/c1-5-20-31-30(35)24(4)32(21-26-14-12-23(3)13-15-26)29(34)22-33(27-18-16-25(6-2)17-19-27)38(36,37)28-10-8-7-9-11-28/h7-19,24H,5-6,20-22H2,1-4H3,(H,31,35). The van der Waals surface area contributed by atoms with E-state index in [0.717, 1.165) is 33.8 Å². The van der Waals surface area contributed by atoms with Crippen molar-refractivity contribution in [1.29, 1.82) is 0 Å². The molecule has 0 bridgehead atoms. The summed E-state index contributed by atoms with van der Waals surface area (Å²) in [5, 5.41) is 2.85. The smallest absolute Gasteiger partial charge is 0.264 e. The van der Waals surface area contributed by atoms with Crippen LogP contribution in [0.4, 0.5) is 5.69 Å². The Kier molecular flexibility index (Phi) is 10.1. The number of hydrogen-bond acceptors (Lipinski definition) is 4. The lowest BCUT2D eigenvalue weighted by atomic mass is 10.1. The predicted molar refractivity (Wildman–Crippen MR) is 151 cm³/mol. The molecule has 0 aliphatic rings. The lowest BCUT2D eigenvalue weighted by molar-refractivity contribution is -0.139. The summed E-state index contributed by atoms with van der Waals surface area (Å²) in [6, 6.07) is 22.1. The number of sulfonamides is 1. The molecular formula is C30H37N3O4S. The van der Waals surface area contributed by atoms with Crippen LogP contribution in [0.2, 0.25) is 0 Å². The average molecular weight is 536 g/mol. The zero-order valence-corrected chi connectivity index (χ0v) is 23.4. The maximum absolute atomic E-state index is 13.9. The predicted octanol–water partition coefficient (Wildman–Crippen LogP) is 4.70. The molecule has 8 heteroatoms. The normalized spacial score (nSPS) is 12.0. The summed E-state index contributed by atoms with van der Waals surface area (Å²) in [4.78, 5) is 28.3. The average Bonchev–Trinajstić information content (AvgIpc) is 2.94. The van der Waals surface area contributed by atoms with Crippen LogP contribution in [0.3, 0.4) is 0 Å². The van der Waals surface area contributed by atoms with Crippen molar-refractivity contribution in [2.45, 2.75) is 58.0 Å². The molecule has 0 saturated heterocycles. The van der Waals surface area contributed by atoms with E-state index >= 15 is 0 Å². The molecule has 38 heavy (non-hydrogen) atoms. The lowest BCUT2D eigenvalue weighted by Crippen LogP contribution is -2.51. The van der Waals surface area contributed by atoms with Crippen molar-refractivity contribution in [3.05, 3.63) is 95.6 Å². The molecule has 0 radical (unpaired) electrons. The summed E-state index contributed by atoms with van der Waals surface area (Å²) in [6.07, 6.45) is 1.57. The third-order valence-electron chi connectivity index (χ3n) is 6.43. The molecule has 0 heterocycles. The van der Waals surface area contributed by atoms with E-state index in [-0.39, 0.29) is 17.3 Å². The Morgan fingerprint density at radius 3 is 2.05 bits per heavy atom. The number of anilines is 1. The Labute approximate surface area is 226 Å². The number of nitrogens with zero attached hydrogens (tertiary/aromatic N) is 2. The molecule has 0 aromatic heterocycles. The van der Waals surface area contributed by atoms with E-state index in [9.17, 15) is 18.0 Å². The highest BCUT2D eigenvalue weighted by Crippen LogP contribution is 2.25. The Hall–Kier alpha value is -3.65. The molecule has 202 valence electrons. The fraction of sp³-hybridized carbons (Fsp3) is 0.333. The maximum Gasteiger partial charge on any atom is 0.264 e. The summed E-state index contributed by atoms with van der Waals surface area (Å²) < 4.78 is 28.7. The van der Waals surface area contributed by atoms with Gasteiger partial charge in [0.25, 0.3) is 10.0 Å². The van der Waals surface area contributed by atoms with Crippen molar-refractivity contribution < 1.29 is 18.0 Å². The van der Waals surface area contributed by atoms with E-state index in [1.807, 2.05) is 57.2 Å². The van der Waals surface area contributed by atoms with E-state index in [4.69, 9.17) is 0 Å². The molecule has 0 aliphatic heterocycles. The van der Waals surface area contributed by atoms with Crippen molar-refractivity contribution in [1.82, 2.24) is 10.2 Å². The largest absolute Gasteiger partial charge is 0.354 e. The van der Waals surface area contributed by atoms with Gasteiger partial charge in [0.2, 0.25) is 11.8 Å². The number of nitrogens with one attached hydrogen (secondary N) is 1. The highest BCUT2D eigenvalue weighted by molar-refractivity contribution is 7.92. The first-order chi connectivity index (χ1) is 18.2. The van der Waals surface area contributed by atoms with Crippen LogP contribution in [0.1, 0.15) is 43.9 Å². The van der Waals surface area contributed by atoms with Gasteiger partial charge in [-0.05, 0) is 62.1 Å². The molecule has 0 aliphatic carbocycles. The topological polar surface area (TPSA) is 86.8 Å². The summed E-state index contributed by atoms with van der Waals surface area (Å²) >= 11 is 0. The van der Waals surface area contributed by atoms with Gasteiger partial charge in [-0.25, -0.2) is 8.42 Å². The second kappa shape index (κ2) is 13.2. The van der Waals surface area contributed by atoms with Gasteiger partial charge in [-0.15, -0.1) is 0 Å². The maximum atomic E-state index is 13.9. The second-order valence-corrected chi connectivity index (χ2v) is 11.2. The van der Waals surface area contributed by atoms with Gasteiger partial charge in [-0.2, -0.15) is 0 Å². The minimum absolute atomic E-state index is 0.0891. The first-order valence-corrected chi connectivity index (χ1v) is 14.4. The van der Waals surface area contributed by atoms with Gasteiger partial charge in [-0.1, -0.05) is 74.0 Å². The second-order valence-electron chi connectivity index (χ2n) is 9.32. The minimum Gasteiger partial charge on any atom is -0.354 e. The highest BCUT2D eigenvalue weighted by Gasteiger charge is 2.32. The fourth-order valence-corrected chi connectivity index (χ4v) is 5.45. The van der Waals surface area contributed by atoms with Crippen LogP contribution in [0, 0.1) is 6.92 Å². The van der Waals surface area contributed by atoms with Crippen molar-refractivity contribution in [2.24, 2.45) is 0 Å². The van der Waals surface area contributed by atoms with Crippen LogP contribution in [0.25, 0.3) is 0 Å². The summed E-state index contributed by atoms with van der Waals surface area (Å²) in [6.45, 7) is 7.84. The Morgan fingerprint density at radius 1 is 0.868 bits per heavy atom. The van der Waals surface area contributed by atoms with Gasteiger partial charge < -0.3 is 10.2 Å². The first-order valence-electron chi connectivity index (χ1n) is 13.0. The van der Waals surface area contributed by atoms with E-state index in [1.54, 1.807) is 37.3 Å². The molecule has 1 unspecified atom stereocenters. The molecule has 0 spiro atoms. The zero-order valence-electron chi connectivity index (χ0n) is 22.6. The highest BCUT2D eigenvalue weighted by atomic mass is 32.2. The van der Waals surface area contributed by atoms with E-state index in [0.29, 0.717) is 12.2 Å². The van der Waals surface area contributed by atoms with Crippen molar-refractivity contribution in [2.75, 3.05) is 17.4 Å².